The van der Waals surface area contributed by atoms with Crippen LogP contribution in [0.15, 0.2) is 47.4 Å². The Labute approximate surface area is 185 Å². The molecule has 2 heterocycles. The van der Waals surface area contributed by atoms with Crippen molar-refractivity contribution in [3.8, 4) is 0 Å². The van der Waals surface area contributed by atoms with Crippen LogP contribution in [0, 0.1) is 6.92 Å². The van der Waals surface area contributed by atoms with Crippen LogP contribution in [-0.4, -0.2) is 49.2 Å². The summed E-state index contributed by atoms with van der Waals surface area (Å²) in [5, 5.41) is 0.805. The van der Waals surface area contributed by atoms with Gasteiger partial charge in [0, 0.05) is 35.2 Å². The average Bonchev–Trinajstić information content (AvgIpc) is 3.39. The summed E-state index contributed by atoms with van der Waals surface area (Å²) >= 11 is 6.12. The number of H-pyrrole nitrogens is 1. The highest BCUT2D eigenvalue weighted by Gasteiger charge is 2.29. The molecule has 0 radical (unpaired) electrons. The molecule has 1 aromatic heterocycles. The lowest BCUT2D eigenvalue weighted by Crippen LogP contribution is -2.28. The van der Waals surface area contributed by atoms with Gasteiger partial charge >= 0.3 is 5.97 Å². The number of benzene rings is 2. The zero-order chi connectivity index (χ0) is 22.2. The Morgan fingerprint density at radius 3 is 2.58 bits per heavy atom. The molecule has 162 valence electrons. The van der Waals surface area contributed by atoms with Crippen LogP contribution in [0.5, 0.6) is 0 Å². The number of ether oxygens (including phenoxy) is 1. The van der Waals surface area contributed by atoms with Crippen molar-refractivity contribution < 1.29 is 22.7 Å². The number of nitrogens with zero attached hydrogens (tertiary/aromatic N) is 1. The number of hydrogen-bond donors (Lipinski definition) is 1. The highest BCUT2D eigenvalue weighted by molar-refractivity contribution is 7.89. The Kier molecular flexibility index (Phi) is 5.88. The second-order valence-electron chi connectivity index (χ2n) is 7.42. The van der Waals surface area contributed by atoms with Crippen LogP contribution < -0.4 is 0 Å². The molecule has 3 aromatic rings. The van der Waals surface area contributed by atoms with E-state index in [9.17, 15) is 18.0 Å². The Morgan fingerprint density at radius 2 is 1.84 bits per heavy atom. The zero-order valence-electron chi connectivity index (χ0n) is 16.9. The lowest BCUT2D eigenvalue weighted by Gasteiger charge is -2.16. The predicted octanol–water partition coefficient (Wildman–Crippen LogP) is 3.95. The minimum absolute atomic E-state index is 0.0236. The van der Waals surface area contributed by atoms with Crippen molar-refractivity contribution in [3.63, 3.8) is 0 Å². The monoisotopic (exact) mass is 460 g/mol. The van der Waals surface area contributed by atoms with E-state index >= 15 is 0 Å². The number of para-hydroxylation sites is 1. The molecule has 0 spiro atoms. The Morgan fingerprint density at radius 1 is 1.13 bits per heavy atom. The maximum Gasteiger partial charge on any atom is 0.340 e. The number of hydrogen-bond acceptors (Lipinski definition) is 5. The molecule has 0 amide bonds. The predicted molar refractivity (Wildman–Crippen MR) is 117 cm³/mol. The second-order valence-corrected chi connectivity index (χ2v) is 9.77. The average molecular weight is 461 g/mol. The Bertz CT molecular complexity index is 1280. The SMILES string of the molecule is Cc1[nH]c2ccccc2c1C(=O)COC(=O)c1cc(S(=O)(=O)N2CCCC2)ccc1Cl. The van der Waals surface area contributed by atoms with Crippen LogP contribution in [0.3, 0.4) is 0 Å². The molecule has 1 aliphatic heterocycles. The van der Waals surface area contributed by atoms with Gasteiger partial charge in [-0.3, -0.25) is 4.79 Å². The van der Waals surface area contributed by atoms with E-state index in [1.54, 1.807) is 6.92 Å². The number of Topliss-reactive ketones (excluding diaryl/α,β-unsaturated/α-hetero) is 1. The molecular weight excluding hydrogens is 440 g/mol. The molecule has 1 aliphatic rings. The lowest BCUT2D eigenvalue weighted by molar-refractivity contribution is 0.0475. The molecule has 9 heteroatoms. The van der Waals surface area contributed by atoms with Crippen LogP contribution in [-0.2, 0) is 14.8 Å². The topological polar surface area (TPSA) is 96.5 Å². The maximum absolute atomic E-state index is 12.8. The molecule has 0 bridgehead atoms. The fourth-order valence-electron chi connectivity index (χ4n) is 3.82. The van der Waals surface area contributed by atoms with Gasteiger partial charge in [-0.15, -0.1) is 0 Å². The van der Waals surface area contributed by atoms with Gasteiger partial charge in [-0.25, -0.2) is 13.2 Å². The van der Waals surface area contributed by atoms with E-state index in [0.717, 1.165) is 23.7 Å². The molecule has 1 N–H and O–H groups in total. The van der Waals surface area contributed by atoms with E-state index in [2.05, 4.69) is 4.98 Å². The number of sulfonamides is 1. The van der Waals surface area contributed by atoms with Crippen molar-refractivity contribution in [1.29, 1.82) is 0 Å². The number of aromatic nitrogens is 1. The van der Waals surface area contributed by atoms with Crippen LogP contribution in [0.2, 0.25) is 5.02 Å². The maximum atomic E-state index is 12.8. The van der Waals surface area contributed by atoms with Crippen molar-refractivity contribution in [3.05, 3.63) is 64.3 Å². The number of carbonyl (C=O) groups excluding carboxylic acids is 2. The van der Waals surface area contributed by atoms with Gasteiger partial charge in [0.25, 0.3) is 0 Å². The van der Waals surface area contributed by atoms with Gasteiger partial charge in [0.2, 0.25) is 15.8 Å². The van der Waals surface area contributed by atoms with E-state index in [1.165, 1.54) is 22.5 Å². The largest absolute Gasteiger partial charge is 0.454 e. The molecule has 0 atom stereocenters. The van der Waals surface area contributed by atoms with Gasteiger partial charge in [0.1, 0.15) is 0 Å². The normalized spacial score (nSPS) is 14.8. The first-order valence-electron chi connectivity index (χ1n) is 9.86. The highest BCUT2D eigenvalue weighted by Crippen LogP contribution is 2.26. The van der Waals surface area contributed by atoms with Gasteiger partial charge in [0.05, 0.1) is 15.5 Å². The van der Waals surface area contributed by atoms with Gasteiger partial charge < -0.3 is 9.72 Å². The van der Waals surface area contributed by atoms with Gasteiger partial charge in [-0.05, 0) is 44.0 Å². The first-order valence-corrected chi connectivity index (χ1v) is 11.7. The summed E-state index contributed by atoms with van der Waals surface area (Å²) in [5.74, 6) is -1.21. The Balaban J connectivity index is 1.53. The molecule has 0 saturated carbocycles. The van der Waals surface area contributed by atoms with Crippen molar-refractivity contribution in [2.45, 2.75) is 24.7 Å². The van der Waals surface area contributed by atoms with Crippen LogP contribution in [0.25, 0.3) is 10.9 Å². The molecule has 7 nitrogen and oxygen atoms in total. The summed E-state index contributed by atoms with van der Waals surface area (Å²) in [4.78, 5) is 28.5. The second kappa shape index (κ2) is 8.45. The number of halogens is 1. The quantitative estimate of drug-likeness (QED) is 0.443. The summed E-state index contributed by atoms with van der Waals surface area (Å²) in [6.45, 7) is 2.19. The van der Waals surface area contributed by atoms with E-state index < -0.39 is 22.6 Å². The minimum atomic E-state index is -3.71. The summed E-state index contributed by atoms with van der Waals surface area (Å²) in [6.07, 6.45) is 1.61. The van der Waals surface area contributed by atoms with Crippen LogP contribution in [0.4, 0.5) is 0 Å². The molecule has 1 saturated heterocycles. The Hall–Kier alpha value is -2.68. The number of aromatic amines is 1. The summed E-state index contributed by atoms with van der Waals surface area (Å²) < 4.78 is 32.1. The van der Waals surface area contributed by atoms with Crippen LogP contribution in [0.1, 0.15) is 39.3 Å². The van der Waals surface area contributed by atoms with E-state index in [-0.39, 0.29) is 21.3 Å². The zero-order valence-corrected chi connectivity index (χ0v) is 18.4. The highest BCUT2D eigenvalue weighted by atomic mass is 35.5. The number of rotatable bonds is 6. The molecular formula is C22H21ClN2O5S. The molecule has 0 unspecified atom stereocenters. The number of fused-ring (bicyclic) bond motifs is 1. The molecule has 0 aliphatic carbocycles. The molecule has 1 fully saturated rings. The van der Waals surface area contributed by atoms with Gasteiger partial charge in [-0.1, -0.05) is 29.8 Å². The number of ketones is 1. The fourth-order valence-corrected chi connectivity index (χ4v) is 5.55. The third-order valence-corrected chi connectivity index (χ3v) is 7.59. The number of nitrogens with one attached hydrogen (secondary N) is 1. The standard InChI is InChI=1S/C22H21ClN2O5S/c1-14-21(16-6-2-3-7-19(16)24-14)20(26)13-30-22(27)17-12-15(8-9-18(17)23)31(28,29)25-10-4-5-11-25/h2-3,6-9,12,24H,4-5,10-11,13H2,1H3. The lowest BCUT2D eigenvalue weighted by atomic mass is 10.1. The first kappa shape index (κ1) is 21.5. The fraction of sp³-hybridized carbons (Fsp3) is 0.273. The van der Waals surface area contributed by atoms with Crippen LogP contribution >= 0.6 is 11.6 Å². The van der Waals surface area contributed by atoms with Crippen molar-refractivity contribution >= 4 is 44.3 Å². The van der Waals surface area contributed by atoms with Crippen molar-refractivity contribution in [2.75, 3.05) is 19.7 Å². The molecule has 4 rings (SSSR count). The van der Waals surface area contributed by atoms with E-state index in [4.69, 9.17) is 16.3 Å². The van der Waals surface area contributed by atoms with E-state index in [1.807, 2.05) is 24.3 Å². The van der Waals surface area contributed by atoms with Crippen molar-refractivity contribution in [2.24, 2.45) is 0 Å². The molecule has 2 aromatic carbocycles. The number of aryl methyl sites for hydroxylation is 1. The smallest absolute Gasteiger partial charge is 0.340 e. The third-order valence-electron chi connectivity index (χ3n) is 5.37. The van der Waals surface area contributed by atoms with Gasteiger partial charge in [0.15, 0.2) is 6.61 Å². The molecule has 31 heavy (non-hydrogen) atoms. The van der Waals surface area contributed by atoms with E-state index in [0.29, 0.717) is 24.3 Å². The van der Waals surface area contributed by atoms with Crippen molar-refractivity contribution in [1.82, 2.24) is 9.29 Å². The third kappa shape index (κ3) is 4.11. The minimum Gasteiger partial charge on any atom is -0.454 e. The summed E-state index contributed by atoms with van der Waals surface area (Å²) in [7, 11) is -3.71. The summed E-state index contributed by atoms with van der Waals surface area (Å²) in [5.41, 5.74) is 1.86. The van der Waals surface area contributed by atoms with Gasteiger partial charge in [-0.2, -0.15) is 4.31 Å². The number of carbonyl (C=O) groups is 2. The number of esters is 1. The first-order chi connectivity index (χ1) is 14.8. The summed E-state index contributed by atoms with van der Waals surface area (Å²) in [6, 6.07) is 11.3.